The van der Waals surface area contributed by atoms with Crippen LogP contribution in [-0.4, -0.2) is 6.71 Å². The van der Waals surface area contributed by atoms with Gasteiger partial charge in [-0.15, -0.1) is 0 Å². The van der Waals surface area contributed by atoms with E-state index in [1.807, 2.05) is 0 Å². The molecule has 0 N–H and O–H groups in total. The van der Waals surface area contributed by atoms with E-state index in [1.54, 1.807) is 0 Å². The summed E-state index contributed by atoms with van der Waals surface area (Å²) in [5.74, 6) is 0. The highest BCUT2D eigenvalue weighted by atomic mass is 15.2. The lowest BCUT2D eigenvalue weighted by Gasteiger charge is -2.48. The molecule has 2 nitrogen and oxygen atoms in total. The summed E-state index contributed by atoms with van der Waals surface area (Å²) in [5.41, 5.74) is 24.0. The monoisotopic (exact) mass is 887 g/mol. The fraction of sp³-hybridized carbons (Fsp3) is 0.438. The zero-order chi connectivity index (χ0) is 48.8. The van der Waals surface area contributed by atoms with Gasteiger partial charge < -0.3 is 9.80 Å². The van der Waals surface area contributed by atoms with Crippen LogP contribution in [0.2, 0.25) is 0 Å². The molecule has 0 radical (unpaired) electrons. The Morgan fingerprint density at radius 2 is 0.791 bits per heavy atom. The zero-order valence-electron chi connectivity index (χ0n) is 44.8. The number of fused-ring (bicyclic) bond motifs is 5. The van der Waals surface area contributed by atoms with E-state index in [9.17, 15) is 0 Å². The maximum absolute atomic E-state index is 2.72. The summed E-state index contributed by atoms with van der Waals surface area (Å²) in [7, 11) is 0. The maximum Gasteiger partial charge on any atom is 0.252 e. The lowest BCUT2D eigenvalue weighted by atomic mass is 9.32. The van der Waals surface area contributed by atoms with Crippen LogP contribution in [0.3, 0.4) is 0 Å². The van der Waals surface area contributed by atoms with Gasteiger partial charge in [-0.05, 0) is 160 Å². The van der Waals surface area contributed by atoms with E-state index in [4.69, 9.17) is 0 Å². The summed E-state index contributed by atoms with van der Waals surface area (Å²) in [4.78, 5) is 5.33. The summed E-state index contributed by atoms with van der Waals surface area (Å²) in [6, 6.07) is 44.2. The van der Waals surface area contributed by atoms with Gasteiger partial charge in [-0.3, -0.25) is 0 Å². The van der Waals surface area contributed by atoms with Crippen molar-refractivity contribution in [2.75, 3.05) is 9.80 Å². The van der Waals surface area contributed by atoms with E-state index < -0.39 is 0 Å². The highest BCUT2D eigenvalue weighted by Gasteiger charge is 2.47. The number of rotatable bonds is 3. The molecule has 0 atom stereocenters. The van der Waals surface area contributed by atoms with Crippen LogP contribution in [0.15, 0.2) is 109 Å². The molecule has 0 amide bonds. The Hall–Kier alpha value is -5.02. The third kappa shape index (κ3) is 8.09. The molecule has 0 saturated heterocycles. The van der Waals surface area contributed by atoms with Gasteiger partial charge in [0.1, 0.15) is 0 Å². The summed E-state index contributed by atoms with van der Waals surface area (Å²) in [5, 5.41) is 0. The minimum absolute atomic E-state index is 0.0228. The van der Waals surface area contributed by atoms with Crippen LogP contribution in [0.1, 0.15) is 183 Å². The van der Waals surface area contributed by atoms with E-state index in [0.717, 1.165) is 6.42 Å². The first-order valence-corrected chi connectivity index (χ1v) is 25.3. The maximum atomic E-state index is 2.72. The number of hydrogen-bond acceptors (Lipinski definition) is 2. The molecule has 0 fully saturated rings. The van der Waals surface area contributed by atoms with Crippen molar-refractivity contribution in [3.8, 4) is 11.1 Å². The average Bonchev–Trinajstić information content (AvgIpc) is 3.23. The number of hydrogen-bond donors (Lipinski definition) is 0. The zero-order valence-corrected chi connectivity index (χ0v) is 44.8. The average molecular weight is 887 g/mol. The van der Waals surface area contributed by atoms with Crippen LogP contribution in [0.25, 0.3) is 11.1 Å². The molecule has 2 heterocycles. The van der Waals surface area contributed by atoms with Gasteiger partial charge in [0.25, 0.3) is 6.71 Å². The van der Waals surface area contributed by atoms with Crippen LogP contribution in [0.4, 0.5) is 34.1 Å². The fourth-order valence-electron chi connectivity index (χ4n) is 11.2. The number of nitrogens with zero attached hydrogens (tertiary/aromatic N) is 2. The van der Waals surface area contributed by atoms with Gasteiger partial charge in [0.15, 0.2) is 0 Å². The van der Waals surface area contributed by atoms with Crippen LogP contribution in [0.5, 0.6) is 0 Å². The number of anilines is 6. The molecule has 3 aliphatic rings. The van der Waals surface area contributed by atoms with Crippen molar-refractivity contribution in [2.24, 2.45) is 0 Å². The molecule has 0 spiro atoms. The topological polar surface area (TPSA) is 6.48 Å². The van der Waals surface area contributed by atoms with Gasteiger partial charge in [0.2, 0.25) is 0 Å². The normalized spacial score (nSPS) is 16.6. The summed E-state index contributed by atoms with van der Waals surface area (Å²) >= 11 is 0. The Bertz CT molecular complexity index is 2910. The first-order chi connectivity index (χ1) is 30.9. The Kier molecular flexibility index (Phi) is 10.7. The Morgan fingerprint density at radius 3 is 1.30 bits per heavy atom. The standard InChI is InChI=1S/C64H79BN2/c1-58(2,3)41-22-20-40(21-23-41)47-34-43(60(7,8)9)26-30-52(47)67-54-39-49-48(63(16,17)32-33-64(49,18)19)38-51(54)65-50-35-44(61(10,11)12)27-31-53(50)66(46-28-24-42(25-29-46)59(4,5)6)55-36-45(62(13,14)15)37-56(67)57(55)65/h20-31,34-39H,32-33H2,1-19H3. The van der Waals surface area contributed by atoms with Crippen molar-refractivity contribution in [2.45, 2.75) is 182 Å². The minimum Gasteiger partial charge on any atom is -0.311 e. The van der Waals surface area contributed by atoms with Crippen molar-refractivity contribution >= 4 is 57.2 Å². The molecule has 0 aromatic heterocycles. The second kappa shape index (κ2) is 15.2. The Balaban J connectivity index is 1.45. The van der Waals surface area contributed by atoms with Gasteiger partial charge in [0.05, 0.1) is 5.69 Å². The minimum atomic E-state index is -0.116. The van der Waals surface area contributed by atoms with Gasteiger partial charge in [-0.1, -0.05) is 192 Å². The third-order valence-electron chi connectivity index (χ3n) is 15.9. The first-order valence-electron chi connectivity index (χ1n) is 25.3. The van der Waals surface area contributed by atoms with Crippen molar-refractivity contribution in [1.82, 2.24) is 0 Å². The molecule has 0 unspecified atom stereocenters. The van der Waals surface area contributed by atoms with Gasteiger partial charge in [-0.2, -0.15) is 0 Å². The lowest BCUT2D eigenvalue weighted by molar-refractivity contribution is 0.332. The molecular weight excluding hydrogens is 808 g/mol. The molecule has 9 rings (SSSR count). The van der Waals surface area contributed by atoms with E-state index in [0.29, 0.717) is 0 Å². The first kappa shape index (κ1) is 47.1. The predicted molar refractivity (Wildman–Crippen MR) is 295 cm³/mol. The quantitative estimate of drug-likeness (QED) is 0.163. The molecule has 1 aliphatic carbocycles. The van der Waals surface area contributed by atoms with E-state index >= 15 is 0 Å². The highest BCUT2D eigenvalue weighted by Crippen LogP contribution is 2.53. The van der Waals surface area contributed by atoms with Crippen molar-refractivity contribution in [1.29, 1.82) is 0 Å². The molecular formula is C64H79BN2. The molecule has 3 heteroatoms. The Morgan fingerprint density at radius 1 is 0.373 bits per heavy atom. The van der Waals surface area contributed by atoms with Crippen molar-refractivity contribution in [3.05, 3.63) is 148 Å². The second-order valence-corrected chi connectivity index (χ2v) is 27.1. The van der Waals surface area contributed by atoms with Crippen LogP contribution >= 0.6 is 0 Å². The molecule has 67 heavy (non-hydrogen) atoms. The summed E-state index contributed by atoms with van der Waals surface area (Å²) in [6.07, 6.45) is 2.33. The molecule has 348 valence electrons. The van der Waals surface area contributed by atoms with Crippen molar-refractivity contribution in [3.63, 3.8) is 0 Å². The summed E-state index contributed by atoms with van der Waals surface area (Å²) in [6.45, 7) is 45.2. The number of benzene rings is 6. The van der Waals surface area contributed by atoms with Gasteiger partial charge in [0, 0.05) is 34.0 Å². The second-order valence-electron chi connectivity index (χ2n) is 27.1. The highest BCUT2D eigenvalue weighted by molar-refractivity contribution is 7.00. The largest absolute Gasteiger partial charge is 0.311 e. The molecule has 6 aromatic carbocycles. The fourth-order valence-corrected chi connectivity index (χ4v) is 11.2. The smallest absolute Gasteiger partial charge is 0.252 e. The van der Waals surface area contributed by atoms with Gasteiger partial charge in [-0.25, -0.2) is 0 Å². The van der Waals surface area contributed by atoms with E-state index in [2.05, 4.69) is 251 Å². The molecule has 2 aliphatic heterocycles. The Labute approximate surface area is 406 Å². The van der Waals surface area contributed by atoms with Crippen LogP contribution < -0.4 is 26.2 Å². The lowest BCUT2D eigenvalue weighted by Crippen LogP contribution is -2.62. The molecule has 0 bridgehead atoms. The van der Waals surface area contributed by atoms with Crippen LogP contribution in [-0.2, 0) is 37.9 Å². The molecule has 6 aromatic rings. The third-order valence-corrected chi connectivity index (χ3v) is 15.9. The SMILES string of the molecule is CC(C)(C)c1ccc(-c2cc(C(C)(C)C)ccc2N2c3cc4c(cc3B3c5cc(C(C)(C)C)ccc5N(c5ccc(C(C)(C)C)cc5)c5cc(C(C)(C)C)cc2c53)C(C)(C)CCC4(C)C)cc1. The van der Waals surface area contributed by atoms with Crippen molar-refractivity contribution < 1.29 is 0 Å². The van der Waals surface area contributed by atoms with Crippen LogP contribution in [0, 0.1) is 0 Å². The van der Waals surface area contributed by atoms with E-state index in [1.165, 1.54) is 107 Å². The van der Waals surface area contributed by atoms with E-state index in [-0.39, 0.29) is 44.6 Å². The predicted octanol–water partition coefficient (Wildman–Crippen LogP) is 16.3. The molecule has 0 saturated carbocycles. The summed E-state index contributed by atoms with van der Waals surface area (Å²) < 4.78 is 0. The van der Waals surface area contributed by atoms with Gasteiger partial charge >= 0.3 is 0 Å².